The molecule has 1 N–H and O–H groups in total. The number of amides is 2. The molecule has 126 valence electrons. The van der Waals surface area contributed by atoms with E-state index in [2.05, 4.69) is 10.3 Å². The minimum Gasteiger partial charge on any atom is -0.376 e. The summed E-state index contributed by atoms with van der Waals surface area (Å²) in [6, 6.07) is 3.43. The molecule has 2 amide bonds. The Morgan fingerprint density at radius 3 is 2.78 bits per heavy atom. The van der Waals surface area contributed by atoms with Crippen LogP contribution in [0.2, 0.25) is 5.15 Å². The number of hydrogen-bond donors (Lipinski definition) is 1. The Bertz CT molecular complexity index is 557. The number of urea groups is 1. The average molecular weight is 338 g/mol. The van der Waals surface area contributed by atoms with E-state index in [9.17, 15) is 4.79 Å². The molecule has 5 nitrogen and oxygen atoms in total. The fourth-order valence-electron chi connectivity index (χ4n) is 3.12. The Morgan fingerprint density at radius 2 is 2.17 bits per heavy atom. The van der Waals surface area contributed by atoms with Crippen LogP contribution in [0.5, 0.6) is 0 Å². The molecule has 1 atom stereocenters. The van der Waals surface area contributed by atoms with Gasteiger partial charge < -0.3 is 15.0 Å². The first kappa shape index (κ1) is 16.5. The lowest BCUT2D eigenvalue weighted by Crippen LogP contribution is -2.44. The molecular formula is C17H24ClN3O2. The molecule has 1 aliphatic carbocycles. The molecule has 23 heavy (non-hydrogen) atoms. The van der Waals surface area contributed by atoms with Crippen molar-refractivity contribution < 1.29 is 9.53 Å². The molecule has 1 aromatic heterocycles. The normalized spacial score (nSPS) is 21.0. The van der Waals surface area contributed by atoms with Crippen molar-refractivity contribution in [2.24, 2.45) is 5.92 Å². The van der Waals surface area contributed by atoms with Crippen LogP contribution in [-0.2, 0) is 4.74 Å². The number of ether oxygens (including phenoxy) is 1. The summed E-state index contributed by atoms with van der Waals surface area (Å²) in [6.07, 6.45) is 6.01. The number of halogens is 1. The van der Waals surface area contributed by atoms with Crippen molar-refractivity contribution in [3.8, 4) is 0 Å². The summed E-state index contributed by atoms with van der Waals surface area (Å²) in [6.45, 7) is 4.13. The SMILES string of the molecule is Cc1nc(Cl)ccc1NC(=O)N(CC1CCC1)C[C@H]1CCCO1. The van der Waals surface area contributed by atoms with E-state index in [1.54, 1.807) is 12.1 Å². The topological polar surface area (TPSA) is 54.5 Å². The maximum Gasteiger partial charge on any atom is 0.321 e. The highest BCUT2D eigenvalue weighted by Gasteiger charge is 2.27. The van der Waals surface area contributed by atoms with Gasteiger partial charge in [-0.15, -0.1) is 0 Å². The highest BCUT2D eigenvalue weighted by molar-refractivity contribution is 6.29. The first-order valence-corrected chi connectivity index (χ1v) is 8.80. The number of carbonyl (C=O) groups excluding carboxylic acids is 1. The van der Waals surface area contributed by atoms with E-state index in [1.807, 2.05) is 11.8 Å². The number of rotatable bonds is 5. The van der Waals surface area contributed by atoms with Crippen molar-refractivity contribution in [3.05, 3.63) is 23.0 Å². The van der Waals surface area contributed by atoms with Crippen LogP contribution in [0.25, 0.3) is 0 Å². The van der Waals surface area contributed by atoms with E-state index in [0.717, 1.165) is 31.7 Å². The predicted octanol–water partition coefficient (Wildman–Crippen LogP) is 3.86. The fraction of sp³-hybridized carbons (Fsp3) is 0.647. The van der Waals surface area contributed by atoms with Gasteiger partial charge in [0, 0.05) is 19.7 Å². The fourth-order valence-corrected chi connectivity index (χ4v) is 3.31. The molecule has 2 fully saturated rings. The quantitative estimate of drug-likeness (QED) is 0.830. The van der Waals surface area contributed by atoms with E-state index in [1.165, 1.54) is 19.3 Å². The zero-order chi connectivity index (χ0) is 16.2. The Morgan fingerprint density at radius 1 is 1.35 bits per heavy atom. The van der Waals surface area contributed by atoms with Crippen molar-refractivity contribution in [3.63, 3.8) is 0 Å². The minimum absolute atomic E-state index is 0.0698. The molecule has 1 saturated heterocycles. The monoisotopic (exact) mass is 337 g/mol. The molecule has 6 heteroatoms. The van der Waals surface area contributed by atoms with Crippen LogP contribution in [0.15, 0.2) is 12.1 Å². The number of nitrogens with one attached hydrogen (secondary N) is 1. The minimum atomic E-state index is -0.0698. The largest absolute Gasteiger partial charge is 0.376 e. The van der Waals surface area contributed by atoms with Crippen molar-refractivity contribution in [2.45, 2.75) is 45.1 Å². The third-order valence-electron chi connectivity index (χ3n) is 4.73. The number of nitrogens with zero attached hydrogens (tertiary/aromatic N) is 2. The molecule has 1 aliphatic heterocycles. The molecule has 0 spiro atoms. The molecule has 0 bridgehead atoms. The Balaban J connectivity index is 1.65. The molecule has 2 aliphatic rings. The van der Waals surface area contributed by atoms with Crippen LogP contribution >= 0.6 is 11.6 Å². The van der Waals surface area contributed by atoms with Crippen molar-refractivity contribution >= 4 is 23.3 Å². The second kappa shape index (κ2) is 7.49. The van der Waals surface area contributed by atoms with Crippen molar-refractivity contribution in [2.75, 3.05) is 25.0 Å². The summed E-state index contributed by atoms with van der Waals surface area (Å²) in [5.74, 6) is 0.631. The van der Waals surface area contributed by atoms with Crippen LogP contribution in [0, 0.1) is 12.8 Å². The van der Waals surface area contributed by atoms with E-state index in [4.69, 9.17) is 16.3 Å². The molecule has 3 rings (SSSR count). The highest BCUT2D eigenvalue weighted by atomic mass is 35.5. The maximum atomic E-state index is 12.7. The van der Waals surface area contributed by atoms with Gasteiger partial charge in [0.25, 0.3) is 0 Å². The van der Waals surface area contributed by atoms with Gasteiger partial charge in [-0.25, -0.2) is 9.78 Å². The lowest BCUT2D eigenvalue weighted by Gasteiger charge is -2.33. The van der Waals surface area contributed by atoms with Crippen LogP contribution in [-0.4, -0.2) is 41.7 Å². The van der Waals surface area contributed by atoms with E-state index in [0.29, 0.717) is 23.3 Å². The van der Waals surface area contributed by atoms with Crippen molar-refractivity contribution in [1.82, 2.24) is 9.88 Å². The molecule has 0 unspecified atom stereocenters. The smallest absolute Gasteiger partial charge is 0.321 e. The number of hydrogen-bond acceptors (Lipinski definition) is 3. The lowest BCUT2D eigenvalue weighted by molar-refractivity contribution is 0.0748. The van der Waals surface area contributed by atoms with Crippen molar-refractivity contribution in [1.29, 1.82) is 0 Å². The molecule has 0 aromatic carbocycles. The van der Waals surface area contributed by atoms with Gasteiger partial charge in [-0.2, -0.15) is 0 Å². The van der Waals surface area contributed by atoms with E-state index < -0.39 is 0 Å². The first-order valence-electron chi connectivity index (χ1n) is 8.42. The number of aromatic nitrogens is 1. The van der Waals surface area contributed by atoms with Crippen LogP contribution < -0.4 is 5.32 Å². The maximum absolute atomic E-state index is 12.7. The third-order valence-corrected chi connectivity index (χ3v) is 4.94. The first-order chi connectivity index (χ1) is 11.1. The third kappa shape index (κ3) is 4.36. The van der Waals surface area contributed by atoms with Gasteiger partial charge >= 0.3 is 6.03 Å². The van der Waals surface area contributed by atoms with E-state index >= 15 is 0 Å². The number of aryl methyl sites for hydroxylation is 1. The second-order valence-electron chi connectivity index (χ2n) is 6.53. The molecule has 1 saturated carbocycles. The van der Waals surface area contributed by atoms with E-state index in [-0.39, 0.29) is 12.1 Å². The van der Waals surface area contributed by atoms with Crippen LogP contribution in [0.1, 0.15) is 37.8 Å². The Labute approximate surface area is 142 Å². The predicted molar refractivity (Wildman–Crippen MR) is 90.9 cm³/mol. The molecule has 1 aromatic rings. The summed E-state index contributed by atoms with van der Waals surface area (Å²) in [5, 5.41) is 3.41. The summed E-state index contributed by atoms with van der Waals surface area (Å²) in [7, 11) is 0. The summed E-state index contributed by atoms with van der Waals surface area (Å²) in [4.78, 5) is 18.8. The van der Waals surface area contributed by atoms with Gasteiger partial charge in [0.2, 0.25) is 0 Å². The highest BCUT2D eigenvalue weighted by Crippen LogP contribution is 2.28. The number of pyridine rings is 1. The standard InChI is InChI=1S/C17H24ClN3O2/c1-12-15(7-8-16(18)19-12)20-17(22)21(10-13-4-2-5-13)11-14-6-3-9-23-14/h7-8,13-14H,2-6,9-11H2,1H3,(H,20,22)/t14-/m1/s1. The van der Waals surface area contributed by atoms with Gasteiger partial charge in [-0.3, -0.25) is 0 Å². The molecular weight excluding hydrogens is 314 g/mol. The second-order valence-corrected chi connectivity index (χ2v) is 6.92. The zero-order valence-electron chi connectivity index (χ0n) is 13.6. The molecule has 2 heterocycles. The van der Waals surface area contributed by atoms with Gasteiger partial charge in [0.15, 0.2) is 0 Å². The average Bonchev–Trinajstić information content (AvgIpc) is 2.97. The summed E-state index contributed by atoms with van der Waals surface area (Å²) < 4.78 is 5.71. The van der Waals surface area contributed by atoms with Gasteiger partial charge in [-0.1, -0.05) is 18.0 Å². The summed E-state index contributed by atoms with van der Waals surface area (Å²) >= 11 is 5.87. The Kier molecular flexibility index (Phi) is 5.38. The Hall–Kier alpha value is -1.33. The summed E-state index contributed by atoms with van der Waals surface area (Å²) in [5.41, 5.74) is 1.44. The van der Waals surface area contributed by atoms with Crippen LogP contribution in [0.4, 0.5) is 10.5 Å². The zero-order valence-corrected chi connectivity index (χ0v) is 14.3. The molecule has 0 radical (unpaired) electrons. The van der Waals surface area contributed by atoms with Gasteiger partial charge in [-0.05, 0) is 50.7 Å². The van der Waals surface area contributed by atoms with Gasteiger partial charge in [0.1, 0.15) is 5.15 Å². The van der Waals surface area contributed by atoms with Crippen LogP contribution in [0.3, 0.4) is 0 Å². The lowest BCUT2D eigenvalue weighted by atomic mass is 9.85. The number of anilines is 1. The number of carbonyl (C=O) groups is 1. The van der Waals surface area contributed by atoms with Gasteiger partial charge in [0.05, 0.1) is 17.5 Å².